The van der Waals surface area contributed by atoms with Crippen molar-refractivity contribution in [3.8, 4) is 0 Å². The molecule has 1 aliphatic rings. The normalized spacial score (nSPS) is 23.7. The van der Waals surface area contributed by atoms with Gasteiger partial charge in [-0.1, -0.05) is 18.5 Å². The van der Waals surface area contributed by atoms with Gasteiger partial charge in [0.25, 0.3) is 5.91 Å². The van der Waals surface area contributed by atoms with Gasteiger partial charge in [-0.05, 0) is 30.2 Å². The minimum atomic E-state index is 0. The molecule has 6 heteroatoms. The van der Waals surface area contributed by atoms with E-state index in [2.05, 4.69) is 6.92 Å². The number of halogens is 2. The van der Waals surface area contributed by atoms with E-state index in [1.807, 2.05) is 17.2 Å². The molecule has 1 aromatic heterocycles. The van der Waals surface area contributed by atoms with Crippen LogP contribution in [-0.4, -0.2) is 29.9 Å². The molecule has 3 nitrogen and oxygen atoms in total. The van der Waals surface area contributed by atoms with Gasteiger partial charge < -0.3 is 10.6 Å². The van der Waals surface area contributed by atoms with E-state index < -0.39 is 0 Å². The Kier molecular flexibility index (Phi) is 5.46. The summed E-state index contributed by atoms with van der Waals surface area (Å²) in [5, 5.41) is 2.52. The van der Waals surface area contributed by atoms with E-state index in [1.54, 1.807) is 0 Å². The third-order valence-electron chi connectivity index (χ3n) is 3.35. The largest absolute Gasteiger partial charge is 0.338 e. The molecule has 1 fully saturated rings. The lowest BCUT2D eigenvalue weighted by Gasteiger charge is -2.34. The van der Waals surface area contributed by atoms with Crippen molar-refractivity contribution in [3.05, 3.63) is 20.8 Å². The van der Waals surface area contributed by atoms with Crippen LogP contribution in [0.3, 0.4) is 0 Å². The zero-order chi connectivity index (χ0) is 12.6. The second-order valence-electron chi connectivity index (χ2n) is 4.74. The van der Waals surface area contributed by atoms with Gasteiger partial charge in [-0.2, -0.15) is 0 Å². The molecule has 1 aromatic rings. The molecular weight excluding hydrogens is 291 g/mol. The average molecular weight is 309 g/mol. The van der Waals surface area contributed by atoms with Crippen molar-refractivity contribution >= 4 is 41.3 Å². The Bertz CT molecular complexity index is 436. The number of nitrogens with zero attached hydrogens (tertiary/aromatic N) is 1. The quantitative estimate of drug-likeness (QED) is 0.867. The fraction of sp³-hybridized carbons (Fsp3) is 0.583. The monoisotopic (exact) mass is 308 g/mol. The van der Waals surface area contributed by atoms with Crippen LogP contribution in [0.2, 0.25) is 5.02 Å². The molecule has 0 bridgehead atoms. The molecule has 1 aliphatic heterocycles. The highest BCUT2D eigenvalue weighted by atomic mass is 35.5. The number of thiophene rings is 1. The minimum Gasteiger partial charge on any atom is -0.338 e. The molecule has 0 saturated carbocycles. The number of rotatable bonds is 1. The Morgan fingerprint density at radius 3 is 2.78 bits per heavy atom. The van der Waals surface area contributed by atoms with Crippen LogP contribution >= 0.6 is 35.3 Å². The summed E-state index contributed by atoms with van der Waals surface area (Å²) in [4.78, 5) is 14.8. The highest BCUT2D eigenvalue weighted by Crippen LogP contribution is 2.29. The Morgan fingerprint density at radius 1 is 1.61 bits per heavy atom. The SMILES string of the molecule is Cc1csc(C(=O)N2CCC(N)C(C)C2)c1Cl.Cl. The third-order valence-corrected chi connectivity index (χ3v) is 5.04. The third kappa shape index (κ3) is 2.99. The molecule has 0 aliphatic carbocycles. The number of nitrogens with two attached hydrogens (primary N) is 1. The fourth-order valence-electron chi connectivity index (χ4n) is 2.07. The molecule has 0 radical (unpaired) electrons. The van der Waals surface area contributed by atoms with E-state index in [1.165, 1.54) is 11.3 Å². The maximum Gasteiger partial charge on any atom is 0.265 e. The smallest absolute Gasteiger partial charge is 0.265 e. The molecule has 2 N–H and O–H groups in total. The number of aryl methyl sites for hydroxylation is 1. The van der Waals surface area contributed by atoms with E-state index in [-0.39, 0.29) is 24.4 Å². The van der Waals surface area contributed by atoms with E-state index in [4.69, 9.17) is 17.3 Å². The summed E-state index contributed by atoms with van der Waals surface area (Å²) in [6.07, 6.45) is 0.870. The van der Waals surface area contributed by atoms with Gasteiger partial charge in [0.05, 0.1) is 5.02 Å². The van der Waals surface area contributed by atoms with Crippen molar-refractivity contribution in [1.29, 1.82) is 0 Å². The van der Waals surface area contributed by atoms with Crippen molar-refractivity contribution < 1.29 is 4.79 Å². The zero-order valence-electron chi connectivity index (χ0n) is 10.5. The van der Waals surface area contributed by atoms with Gasteiger partial charge in [-0.25, -0.2) is 0 Å². The number of hydrogen-bond acceptors (Lipinski definition) is 3. The van der Waals surface area contributed by atoms with E-state index in [0.29, 0.717) is 15.8 Å². The molecule has 18 heavy (non-hydrogen) atoms. The first-order valence-corrected chi connectivity index (χ1v) is 7.05. The van der Waals surface area contributed by atoms with Crippen molar-refractivity contribution in [3.63, 3.8) is 0 Å². The van der Waals surface area contributed by atoms with Crippen LogP contribution in [0.1, 0.15) is 28.6 Å². The average Bonchev–Trinajstić information content (AvgIpc) is 2.63. The van der Waals surface area contributed by atoms with Crippen molar-refractivity contribution in [1.82, 2.24) is 4.90 Å². The predicted molar refractivity (Wildman–Crippen MR) is 79.0 cm³/mol. The summed E-state index contributed by atoms with van der Waals surface area (Å²) in [5.41, 5.74) is 6.93. The van der Waals surface area contributed by atoms with E-state index in [0.717, 1.165) is 25.1 Å². The van der Waals surface area contributed by atoms with Gasteiger partial charge in [0, 0.05) is 19.1 Å². The number of carbonyl (C=O) groups excluding carboxylic acids is 1. The van der Waals surface area contributed by atoms with Crippen LogP contribution in [0.5, 0.6) is 0 Å². The van der Waals surface area contributed by atoms with Crippen LogP contribution < -0.4 is 5.73 Å². The summed E-state index contributed by atoms with van der Waals surface area (Å²) >= 11 is 7.55. The summed E-state index contributed by atoms with van der Waals surface area (Å²) in [6.45, 7) is 5.47. The Balaban J connectivity index is 0.00000162. The molecule has 102 valence electrons. The van der Waals surface area contributed by atoms with Crippen LogP contribution in [0.15, 0.2) is 5.38 Å². The predicted octanol–water partition coefficient (Wildman–Crippen LogP) is 2.94. The zero-order valence-corrected chi connectivity index (χ0v) is 12.9. The number of likely N-dealkylation sites (tertiary alicyclic amines) is 1. The first-order valence-electron chi connectivity index (χ1n) is 5.79. The lowest BCUT2D eigenvalue weighted by atomic mass is 9.95. The number of carbonyl (C=O) groups is 1. The van der Waals surface area contributed by atoms with E-state index in [9.17, 15) is 4.79 Å². The van der Waals surface area contributed by atoms with Gasteiger partial charge in [-0.15, -0.1) is 23.7 Å². The lowest BCUT2D eigenvalue weighted by molar-refractivity contribution is 0.0669. The van der Waals surface area contributed by atoms with Crippen LogP contribution in [0.4, 0.5) is 0 Å². The fourth-order valence-corrected chi connectivity index (χ4v) is 3.31. The lowest BCUT2D eigenvalue weighted by Crippen LogP contribution is -2.48. The molecule has 2 rings (SSSR count). The molecule has 2 atom stereocenters. The molecule has 0 aromatic carbocycles. The molecule has 1 saturated heterocycles. The summed E-state index contributed by atoms with van der Waals surface area (Å²) in [6, 6.07) is 0.208. The van der Waals surface area contributed by atoms with Gasteiger partial charge in [0.2, 0.25) is 0 Å². The maximum absolute atomic E-state index is 12.3. The number of piperidine rings is 1. The van der Waals surface area contributed by atoms with Gasteiger partial charge >= 0.3 is 0 Å². The highest BCUT2D eigenvalue weighted by molar-refractivity contribution is 7.13. The van der Waals surface area contributed by atoms with Crippen LogP contribution in [0.25, 0.3) is 0 Å². The first-order chi connectivity index (χ1) is 8.00. The van der Waals surface area contributed by atoms with Crippen molar-refractivity contribution in [2.45, 2.75) is 26.3 Å². The topological polar surface area (TPSA) is 46.3 Å². The first kappa shape index (κ1) is 15.8. The Morgan fingerprint density at radius 2 is 2.28 bits per heavy atom. The summed E-state index contributed by atoms with van der Waals surface area (Å²) in [5.74, 6) is 0.402. The second kappa shape index (κ2) is 6.24. The van der Waals surface area contributed by atoms with Gasteiger partial charge in [0.1, 0.15) is 4.88 Å². The second-order valence-corrected chi connectivity index (χ2v) is 6.00. The van der Waals surface area contributed by atoms with Crippen molar-refractivity contribution in [2.75, 3.05) is 13.1 Å². The molecule has 0 spiro atoms. The summed E-state index contributed by atoms with van der Waals surface area (Å²) < 4.78 is 0. The van der Waals surface area contributed by atoms with Crippen LogP contribution in [0, 0.1) is 12.8 Å². The van der Waals surface area contributed by atoms with Crippen molar-refractivity contribution in [2.24, 2.45) is 11.7 Å². The highest BCUT2D eigenvalue weighted by Gasteiger charge is 2.28. The molecule has 1 amide bonds. The molecule has 2 unspecified atom stereocenters. The van der Waals surface area contributed by atoms with E-state index >= 15 is 0 Å². The van der Waals surface area contributed by atoms with Gasteiger partial charge in [-0.3, -0.25) is 4.79 Å². The van der Waals surface area contributed by atoms with Crippen LogP contribution in [-0.2, 0) is 0 Å². The van der Waals surface area contributed by atoms with Gasteiger partial charge in [0.15, 0.2) is 0 Å². The Labute approximate surface area is 123 Å². The minimum absolute atomic E-state index is 0. The number of amides is 1. The standard InChI is InChI=1S/C12H17ClN2OS.ClH/c1-7-5-15(4-3-9(7)14)12(16)11-10(13)8(2)6-17-11;/h6-7,9H,3-5,14H2,1-2H3;1H. The number of hydrogen-bond donors (Lipinski definition) is 1. The maximum atomic E-state index is 12.3. The summed E-state index contributed by atoms with van der Waals surface area (Å²) in [7, 11) is 0. The Hall–Kier alpha value is -0.290. The molecule has 2 heterocycles. The molecular formula is C12H18Cl2N2OS.